The molecule has 3 N–H and O–H groups in total. The van der Waals surface area contributed by atoms with E-state index in [1.54, 1.807) is 45.0 Å². The highest BCUT2D eigenvalue weighted by molar-refractivity contribution is 6.01. The monoisotopic (exact) mass is 402 g/mol. The van der Waals surface area contributed by atoms with Crippen LogP contribution in [-0.4, -0.2) is 17.4 Å². The van der Waals surface area contributed by atoms with Gasteiger partial charge in [0.1, 0.15) is 17.2 Å². The summed E-state index contributed by atoms with van der Waals surface area (Å²) in [6, 6.07) is 14.6. The van der Waals surface area contributed by atoms with E-state index in [0.29, 0.717) is 28.3 Å². The lowest BCUT2D eigenvalue weighted by molar-refractivity contribution is 0.0626. The molecule has 0 atom stereocenters. The van der Waals surface area contributed by atoms with Gasteiger partial charge in [0.15, 0.2) is 0 Å². The molecule has 0 unspecified atom stereocenters. The lowest BCUT2D eigenvalue weighted by atomic mass is 10.1. The van der Waals surface area contributed by atoms with Crippen molar-refractivity contribution in [2.75, 3.05) is 0 Å². The molecule has 0 aliphatic carbocycles. The zero-order valence-corrected chi connectivity index (χ0v) is 17.0. The maximum absolute atomic E-state index is 12.8. The van der Waals surface area contributed by atoms with E-state index in [4.69, 9.17) is 10.5 Å². The summed E-state index contributed by atoms with van der Waals surface area (Å²) in [6.07, 6.45) is 2.46. The van der Waals surface area contributed by atoms with Gasteiger partial charge in [-0.1, -0.05) is 24.3 Å². The van der Waals surface area contributed by atoms with Crippen LogP contribution in [0.4, 0.5) is 11.4 Å². The van der Waals surface area contributed by atoms with Crippen LogP contribution < -0.4 is 5.73 Å². The van der Waals surface area contributed by atoms with E-state index in [2.05, 4.69) is 15.2 Å². The van der Waals surface area contributed by atoms with Crippen molar-refractivity contribution in [2.24, 2.45) is 21.0 Å². The topological polar surface area (TPSA) is 110 Å². The zero-order valence-electron chi connectivity index (χ0n) is 17.0. The number of fused-ring (bicyclic) bond motifs is 1. The van der Waals surface area contributed by atoms with Gasteiger partial charge in [0.25, 0.3) is 0 Å². The molecule has 30 heavy (non-hydrogen) atoms. The van der Waals surface area contributed by atoms with E-state index < -0.39 is 5.97 Å². The van der Waals surface area contributed by atoms with Crippen molar-refractivity contribution in [2.45, 2.75) is 20.8 Å². The minimum atomic E-state index is -0.575. The molecule has 0 saturated heterocycles. The molecule has 0 fully saturated rings. The smallest absolute Gasteiger partial charge is 0.345 e. The number of benzene rings is 3. The van der Waals surface area contributed by atoms with E-state index >= 15 is 0 Å². The SMILES string of the molecule is C/C(=C\N=CN)OC(=O)c1cc2ccccc2cc1N=Nc1cc(C)c(O)c(C)c1. The van der Waals surface area contributed by atoms with Gasteiger partial charge in [-0.05, 0) is 66.9 Å². The maximum Gasteiger partial charge on any atom is 0.345 e. The van der Waals surface area contributed by atoms with Crippen LogP contribution in [0.15, 0.2) is 75.7 Å². The number of aromatic hydroxyl groups is 1. The van der Waals surface area contributed by atoms with Gasteiger partial charge < -0.3 is 15.6 Å². The number of carbonyl (C=O) groups is 1. The van der Waals surface area contributed by atoms with Crippen molar-refractivity contribution in [3.05, 3.63) is 77.2 Å². The minimum absolute atomic E-state index is 0.228. The fourth-order valence-corrected chi connectivity index (χ4v) is 2.95. The lowest BCUT2D eigenvalue weighted by Gasteiger charge is -2.08. The summed E-state index contributed by atoms with van der Waals surface area (Å²) in [5.41, 5.74) is 7.82. The van der Waals surface area contributed by atoms with Gasteiger partial charge in [0.05, 0.1) is 23.8 Å². The summed E-state index contributed by atoms with van der Waals surface area (Å²) in [5, 5.41) is 20.3. The van der Waals surface area contributed by atoms with Gasteiger partial charge in [-0.25, -0.2) is 9.79 Å². The number of hydrogen-bond donors (Lipinski definition) is 2. The van der Waals surface area contributed by atoms with Gasteiger partial charge in [0, 0.05) is 0 Å². The first-order chi connectivity index (χ1) is 14.4. The molecule has 3 rings (SSSR count). The van der Waals surface area contributed by atoms with E-state index in [1.807, 2.05) is 24.3 Å². The average molecular weight is 402 g/mol. The number of carbonyl (C=O) groups excluding carboxylic acids is 1. The Morgan fingerprint density at radius 1 is 1.03 bits per heavy atom. The summed E-state index contributed by atoms with van der Waals surface area (Å²) in [5.74, 6) is -0.0532. The summed E-state index contributed by atoms with van der Waals surface area (Å²) in [6.45, 7) is 5.19. The number of aliphatic imine (C=N–C) groups is 1. The number of ether oxygens (including phenoxy) is 1. The molecule has 0 spiro atoms. The largest absolute Gasteiger partial charge is 0.507 e. The molecule has 3 aromatic carbocycles. The van der Waals surface area contributed by atoms with Crippen LogP contribution in [0, 0.1) is 13.8 Å². The van der Waals surface area contributed by atoms with Crippen LogP contribution in [0.5, 0.6) is 5.75 Å². The summed E-state index contributed by atoms with van der Waals surface area (Å²) in [7, 11) is 0. The quantitative estimate of drug-likeness (QED) is 0.191. The number of azo groups is 1. The second kappa shape index (κ2) is 9.00. The van der Waals surface area contributed by atoms with Crippen LogP contribution in [-0.2, 0) is 4.74 Å². The molecule has 3 aromatic rings. The molecule has 0 saturated carbocycles. The van der Waals surface area contributed by atoms with E-state index in [0.717, 1.165) is 17.1 Å². The first kappa shape index (κ1) is 20.7. The molecule has 0 amide bonds. The molecule has 0 aromatic heterocycles. The van der Waals surface area contributed by atoms with E-state index in [1.165, 1.54) is 6.20 Å². The molecule has 7 nitrogen and oxygen atoms in total. The number of rotatable bonds is 5. The predicted molar refractivity (Wildman–Crippen MR) is 118 cm³/mol. The molecule has 0 bridgehead atoms. The van der Waals surface area contributed by atoms with Crippen molar-refractivity contribution >= 4 is 34.5 Å². The summed E-state index contributed by atoms with van der Waals surface area (Å²) >= 11 is 0. The third kappa shape index (κ3) is 4.70. The van der Waals surface area contributed by atoms with Crippen molar-refractivity contribution in [1.29, 1.82) is 0 Å². The van der Waals surface area contributed by atoms with Crippen LogP contribution in [0.1, 0.15) is 28.4 Å². The number of nitrogens with two attached hydrogens (primary N) is 1. The number of aryl methyl sites for hydroxylation is 2. The highest BCUT2D eigenvalue weighted by Crippen LogP contribution is 2.31. The fraction of sp³-hybridized carbons (Fsp3) is 0.130. The Hall–Kier alpha value is -4.00. The lowest BCUT2D eigenvalue weighted by Crippen LogP contribution is -2.04. The summed E-state index contributed by atoms with van der Waals surface area (Å²) in [4.78, 5) is 16.5. The van der Waals surface area contributed by atoms with Gasteiger partial charge in [-0.15, -0.1) is 5.11 Å². The van der Waals surface area contributed by atoms with Crippen LogP contribution >= 0.6 is 0 Å². The van der Waals surface area contributed by atoms with Gasteiger partial charge >= 0.3 is 5.97 Å². The third-order valence-corrected chi connectivity index (χ3v) is 4.43. The number of phenolic OH excluding ortho intramolecular Hbond substituents is 1. The highest BCUT2D eigenvalue weighted by Gasteiger charge is 2.15. The van der Waals surface area contributed by atoms with Crippen LogP contribution in [0.25, 0.3) is 10.8 Å². The van der Waals surface area contributed by atoms with Gasteiger partial charge in [-0.2, -0.15) is 5.11 Å². The molecule has 0 radical (unpaired) electrons. The van der Waals surface area contributed by atoms with Crippen molar-refractivity contribution in [3.63, 3.8) is 0 Å². The Morgan fingerprint density at radius 2 is 1.67 bits per heavy atom. The normalized spacial score (nSPS) is 12.2. The van der Waals surface area contributed by atoms with Crippen molar-refractivity contribution in [1.82, 2.24) is 0 Å². The molecule has 0 aliphatic heterocycles. The number of esters is 1. The Balaban J connectivity index is 2.04. The molecular formula is C23H22N4O3. The zero-order chi connectivity index (χ0) is 21.7. The van der Waals surface area contributed by atoms with E-state index in [9.17, 15) is 9.90 Å². The second-order valence-corrected chi connectivity index (χ2v) is 6.77. The molecule has 152 valence electrons. The Labute approximate surface area is 174 Å². The van der Waals surface area contributed by atoms with Gasteiger partial charge in [0.2, 0.25) is 0 Å². The maximum atomic E-state index is 12.8. The third-order valence-electron chi connectivity index (χ3n) is 4.43. The van der Waals surface area contributed by atoms with Crippen LogP contribution in [0.3, 0.4) is 0 Å². The van der Waals surface area contributed by atoms with Crippen molar-refractivity contribution < 1.29 is 14.6 Å². The molecule has 7 heteroatoms. The fourth-order valence-electron chi connectivity index (χ4n) is 2.95. The second-order valence-electron chi connectivity index (χ2n) is 6.77. The molecule has 0 heterocycles. The minimum Gasteiger partial charge on any atom is -0.507 e. The van der Waals surface area contributed by atoms with Gasteiger partial charge in [-0.3, -0.25) is 0 Å². The Kier molecular flexibility index (Phi) is 6.22. The van der Waals surface area contributed by atoms with E-state index in [-0.39, 0.29) is 11.3 Å². The number of hydrogen-bond acceptors (Lipinski definition) is 6. The van der Waals surface area contributed by atoms with Crippen LogP contribution in [0.2, 0.25) is 0 Å². The molecule has 0 aliphatic rings. The standard InChI is InChI=1S/C23H22N4O3/c1-14-8-19(9-15(2)22(14)28)26-27-21-11-18-7-5-4-6-17(18)10-20(21)23(29)30-16(3)12-25-13-24/h4-13,28H,1-3H3,(H2,24,25)/b16-12+,27-26?. The first-order valence-corrected chi connectivity index (χ1v) is 9.26. The number of allylic oxidation sites excluding steroid dienone is 1. The van der Waals surface area contributed by atoms with Crippen molar-refractivity contribution in [3.8, 4) is 5.75 Å². The first-order valence-electron chi connectivity index (χ1n) is 9.26. The number of nitrogens with zero attached hydrogens (tertiary/aromatic N) is 3. The Bertz CT molecular complexity index is 1170. The predicted octanol–water partition coefficient (Wildman–Crippen LogP) is 5.58. The summed E-state index contributed by atoms with van der Waals surface area (Å²) < 4.78 is 5.35. The number of phenols is 1. The highest BCUT2D eigenvalue weighted by atomic mass is 16.5. The molecular weight excluding hydrogens is 380 g/mol. The Morgan fingerprint density at radius 3 is 2.30 bits per heavy atom. The average Bonchev–Trinajstić information content (AvgIpc) is 2.73.